The first-order chi connectivity index (χ1) is 15.2. The zero-order chi connectivity index (χ0) is 20.9. The molecule has 0 saturated carbocycles. The Balaban J connectivity index is 1.65. The fourth-order valence-corrected chi connectivity index (χ4v) is 6.78. The molecule has 4 nitrogen and oxygen atoms in total. The van der Waals surface area contributed by atoms with Gasteiger partial charge in [0, 0.05) is 23.5 Å². The molecular weight excluding hydrogens is 420 g/mol. The van der Waals surface area contributed by atoms with Crippen molar-refractivity contribution in [2.75, 3.05) is 17.7 Å². The molecule has 158 valence electrons. The number of rotatable bonds is 3. The average molecular weight is 447 g/mol. The summed E-state index contributed by atoms with van der Waals surface area (Å²) in [5.74, 6) is 1.12. The Morgan fingerprint density at radius 1 is 1.00 bits per heavy atom. The second-order valence-electron chi connectivity index (χ2n) is 8.67. The zero-order valence-electron chi connectivity index (χ0n) is 18.0. The molecule has 1 saturated heterocycles. The van der Waals surface area contributed by atoms with Gasteiger partial charge in [0.2, 0.25) is 0 Å². The molecule has 1 aliphatic carbocycles. The van der Waals surface area contributed by atoms with E-state index in [1.165, 1.54) is 52.5 Å². The van der Waals surface area contributed by atoms with Gasteiger partial charge < -0.3 is 4.90 Å². The predicted molar refractivity (Wildman–Crippen MR) is 133 cm³/mol. The van der Waals surface area contributed by atoms with Crippen molar-refractivity contribution in [3.05, 3.63) is 41.5 Å². The number of anilines is 1. The van der Waals surface area contributed by atoms with Crippen LogP contribution in [0.15, 0.2) is 35.5 Å². The first kappa shape index (κ1) is 19.5. The van der Waals surface area contributed by atoms with E-state index in [9.17, 15) is 0 Å². The van der Waals surface area contributed by atoms with Crippen LogP contribution in [0.25, 0.3) is 31.7 Å². The van der Waals surface area contributed by atoms with Gasteiger partial charge in [-0.2, -0.15) is 0 Å². The van der Waals surface area contributed by atoms with E-state index in [4.69, 9.17) is 15.0 Å². The highest BCUT2D eigenvalue weighted by molar-refractivity contribution is 7.98. The molecule has 1 aliphatic heterocycles. The predicted octanol–water partition coefficient (Wildman–Crippen LogP) is 6.50. The van der Waals surface area contributed by atoms with Crippen molar-refractivity contribution in [1.82, 2.24) is 15.0 Å². The summed E-state index contributed by atoms with van der Waals surface area (Å²) in [4.78, 5) is 18.9. The van der Waals surface area contributed by atoms with Gasteiger partial charge in [0.05, 0.1) is 15.9 Å². The van der Waals surface area contributed by atoms with Crippen molar-refractivity contribution in [1.29, 1.82) is 0 Å². The highest BCUT2D eigenvalue weighted by atomic mass is 32.2. The zero-order valence-corrected chi connectivity index (χ0v) is 19.7. The summed E-state index contributed by atoms with van der Waals surface area (Å²) in [6.45, 7) is 3.42. The Morgan fingerprint density at radius 2 is 1.84 bits per heavy atom. The smallest absolute Gasteiger partial charge is 0.189 e. The SMILES string of the molecule is CSc1nc(N2CCCCC2C)c2sc3nc(-c4ccccc4)c4c(c3c2n1)CCC4. The summed E-state index contributed by atoms with van der Waals surface area (Å²) >= 11 is 3.43. The Hall–Kier alpha value is -2.18. The summed E-state index contributed by atoms with van der Waals surface area (Å²) in [5, 5.41) is 2.16. The molecule has 4 aromatic rings. The lowest BCUT2D eigenvalue weighted by Gasteiger charge is -2.34. The van der Waals surface area contributed by atoms with E-state index in [-0.39, 0.29) is 0 Å². The maximum Gasteiger partial charge on any atom is 0.189 e. The number of nitrogens with zero attached hydrogens (tertiary/aromatic N) is 4. The van der Waals surface area contributed by atoms with Crippen LogP contribution in [0, 0.1) is 0 Å². The van der Waals surface area contributed by atoms with E-state index in [2.05, 4.69) is 48.4 Å². The van der Waals surface area contributed by atoms with Crippen LogP contribution in [0.5, 0.6) is 0 Å². The Morgan fingerprint density at radius 3 is 2.65 bits per heavy atom. The van der Waals surface area contributed by atoms with E-state index in [0.29, 0.717) is 6.04 Å². The van der Waals surface area contributed by atoms with Gasteiger partial charge in [-0.1, -0.05) is 42.1 Å². The lowest BCUT2D eigenvalue weighted by atomic mass is 10.0. The number of aryl methyl sites for hydroxylation is 1. The molecule has 1 aromatic carbocycles. The topological polar surface area (TPSA) is 41.9 Å². The normalized spacial score (nSPS) is 18.8. The van der Waals surface area contributed by atoms with Crippen LogP contribution in [0.3, 0.4) is 0 Å². The summed E-state index contributed by atoms with van der Waals surface area (Å²) in [5.41, 5.74) is 6.41. The van der Waals surface area contributed by atoms with Gasteiger partial charge in [-0.3, -0.25) is 0 Å². The Labute approximate surface area is 191 Å². The number of pyridine rings is 1. The van der Waals surface area contributed by atoms with Gasteiger partial charge >= 0.3 is 0 Å². The van der Waals surface area contributed by atoms with Crippen molar-refractivity contribution >= 4 is 49.3 Å². The molecular formula is C25H26N4S2. The van der Waals surface area contributed by atoms with Crippen LogP contribution in [0.1, 0.15) is 43.7 Å². The van der Waals surface area contributed by atoms with Crippen molar-refractivity contribution in [2.45, 2.75) is 56.6 Å². The van der Waals surface area contributed by atoms with Crippen molar-refractivity contribution in [2.24, 2.45) is 0 Å². The van der Waals surface area contributed by atoms with Gasteiger partial charge in [-0.15, -0.1) is 11.3 Å². The minimum Gasteiger partial charge on any atom is -0.353 e. The van der Waals surface area contributed by atoms with Gasteiger partial charge in [0.25, 0.3) is 0 Å². The van der Waals surface area contributed by atoms with Gasteiger partial charge in [-0.25, -0.2) is 15.0 Å². The Kier molecular flexibility index (Phi) is 4.87. The molecule has 0 spiro atoms. The second-order valence-corrected chi connectivity index (χ2v) is 10.4. The highest BCUT2D eigenvalue weighted by Gasteiger charge is 2.28. The average Bonchev–Trinajstić information content (AvgIpc) is 3.43. The molecule has 3 aromatic heterocycles. The number of thiophene rings is 1. The fourth-order valence-electron chi connectivity index (χ4n) is 5.27. The van der Waals surface area contributed by atoms with Crippen LogP contribution < -0.4 is 4.90 Å². The molecule has 6 rings (SSSR count). The maximum absolute atomic E-state index is 5.24. The number of thioether (sulfide) groups is 1. The third kappa shape index (κ3) is 3.14. The number of benzene rings is 1. The molecule has 1 atom stereocenters. The quantitative estimate of drug-likeness (QED) is 0.265. The number of aromatic nitrogens is 3. The third-order valence-electron chi connectivity index (χ3n) is 6.80. The molecule has 6 heteroatoms. The second kappa shape index (κ2) is 7.75. The lowest BCUT2D eigenvalue weighted by Crippen LogP contribution is -2.38. The van der Waals surface area contributed by atoms with Crippen LogP contribution in [-0.4, -0.2) is 33.8 Å². The fraction of sp³-hybridized carbons (Fsp3) is 0.400. The van der Waals surface area contributed by atoms with E-state index < -0.39 is 0 Å². The monoisotopic (exact) mass is 446 g/mol. The number of hydrogen-bond donors (Lipinski definition) is 0. The van der Waals surface area contributed by atoms with E-state index >= 15 is 0 Å². The largest absolute Gasteiger partial charge is 0.353 e. The highest BCUT2D eigenvalue weighted by Crippen LogP contribution is 2.45. The Bertz CT molecular complexity index is 1280. The van der Waals surface area contributed by atoms with E-state index in [0.717, 1.165) is 46.4 Å². The minimum absolute atomic E-state index is 0.519. The first-order valence-electron chi connectivity index (χ1n) is 11.3. The maximum atomic E-state index is 5.24. The van der Waals surface area contributed by atoms with Crippen LogP contribution in [0.2, 0.25) is 0 Å². The third-order valence-corrected chi connectivity index (χ3v) is 8.42. The summed E-state index contributed by atoms with van der Waals surface area (Å²) < 4.78 is 1.22. The number of piperidine rings is 1. The first-order valence-corrected chi connectivity index (χ1v) is 13.3. The van der Waals surface area contributed by atoms with E-state index in [1.807, 2.05) is 0 Å². The summed E-state index contributed by atoms with van der Waals surface area (Å²) in [6, 6.07) is 11.2. The lowest BCUT2D eigenvalue weighted by molar-refractivity contribution is 0.481. The van der Waals surface area contributed by atoms with E-state index in [1.54, 1.807) is 23.1 Å². The molecule has 0 N–H and O–H groups in total. The van der Waals surface area contributed by atoms with Crippen LogP contribution in [0.4, 0.5) is 5.82 Å². The number of hydrogen-bond acceptors (Lipinski definition) is 6. The molecule has 0 bridgehead atoms. The summed E-state index contributed by atoms with van der Waals surface area (Å²) in [7, 11) is 0. The van der Waals surface area contributed by atoms with Gasteiger partial charge in [0.1, 0.15) is 4.83 Å². The van der Waals surface area contributed by atoms with Crippen LogP contribution >= 0.6 is 23.1 Å². The van der Waals surface area contributed by atoms with Crippen molar-refractivity contribution in [3.8, 4) is 11.3 Å². The van der Waals surface area contributed by atoms with Gasteiger partial charge in [0.15, 0.2) is 11.0 Å². The standard InChI is InChI=1S/C25H26N4S2/c1-15-9-6-7-14-29(15)23-22-21(27-25(28-23)30-2)19-17-12-8-13-18(17)20(26-24(19)31-22)16-10-4-3-5-11-16/h3-5,10-11,15H,6-9,12-14H2,1-2H3. The molecule has 2 aliphatic rings. The molecule has 0 amide bonds. The molecule has 0 radical (unpaired) electrons. The van der Waals surface area contributed by atoms with Crippen molar-refractivity contribution in [3.63, 3.8) is 0 Å². The van der Waals surface area contributed by atoms with Gasteiger partial charge in [-0.05, 0) is 62.8 Å². The molecule has 1 fully saturated rings. The molecule has 31 heavy (non-hydrogen) atoms. The molecule has 1 unspecified atom stereocenters. The minimum atomic E-state index is 0.519. The summed E-state index contributed by atoms with van der Waals surface area (Å²) in [6.07, 6.45) is 9.28. The number of fused-ring (bicyclic) bond motifs is 5. The van der Waals surface area contributed by atoms with Crippen molar-refractivity contribution < 1.29 is 0 Å². The molecule has 4 heterocycles. The van der Waals surface area contributed by atoms with Crippen LogP contribution in [-0.2, 0) is 12.8 Å².